The zero-order valence-electron chi connectivity index (χ0n) is 7.52. The predicted octanol–water partition coefficient (Wildman–Crippen LogP) is 0.383. The topological polar surface area (TPSA) is 80.4 Å². The SMILES string of the molecule is C[C@]1(CC[N+](=O)[O-])C(=O)CC[C@H]1O. The third-order valence-electron chi connectivity index (χ3n) is 2.83. The molecule has 0 unspecified atom stereocenters. The summed E-state index contributed by atoms with van der Waals surface area (Å²) in [5, 5.41) is 19.6. The summed E-state index contributed by atoms with van der Waals surface area (Å²) in [5.41, 5.74) is -0.882. The summed E-state index contributed by atoms with van der Waals surface area (Å²) < 4.78 is 0. The minimum Gasteiger partial charge on any atom is -0.392 e. The number of carbonyl (C=O) groups excluding carboxylic acids is 1. The highest BCUT2D eigenvalue weighted by Gasteiger charge is 2.45. The number of hydrogen-bond acceptors (Lipinski definition) is 4. The van der Waals surface area contributed by atoms with E-state index in [9.17, 15) is 20.0 Å². The molecule has 0 bridgehead atoms. The summed E-state index contributed by atoms with van der Waals surface area (Å²) in [4.78, 5) is 21.0. The molecule has 5 heteroatoms. The zero-order valence-corrected chi connectivity index (χ0v) is 7.52. The summed E-state index contributed by atoms with van der Waals surface area (Å²) in [7, 11) is 0. The van der Waals surface area contributed by atoms with Gasteiger partial charge in [0.05, 0.1) is 11.5 Å². The Bertz CT molecular complexity index is 240. The van der Waals surface area contributed by atoms with Crippen molar-refractivity contribution in [2.24, 2.45) is 5.41 Å². The molecule has 2 atom stereocenters. The van der Waals surface area contributed by atoms with Crippen molar-refractivity contribution in [2.45, 2.75) is 32.3 Å². The number of hydrogen-bond donors (Lipinski definition) is 1. The van der Waals surface area contributed by atoms with E-state index in [4.69, 9.17) is 0 Å². The smallest absolute Gasteiger partial charge is 0.204 e. The van der Waals surface area contributed by atoms with Gasteiger partial charge in [-0.15, -0.1) is 0 Å². The van der Waals surface area contributed by atoms with Gasteiger partial charge in [-0.25, -0.2) is 0 Å². The molecule has 5 nitrogen and oxygen atoms in total. The third kappa shape index (κ3) is 1.85. The number of aliphatic hydroxyl groups excluding tert-OH is 1. The van der Waals surface area contributed by atoms with E-state index in [-0.39, 0.29) is 18.7 Å². The second-order valence-corrected chi connectivity index (χ2v) is 3.70. The molecule has 0 saturated heterocycles. The van der Waals surface area contributed by atoms with Crippen molar-refractivity contribution < 1.29 is 14.8 Å². The molecular weight excluding hydrogens is 174 g/mol. The fourth-order valence-corrected chi connectivity index (χ4v) is 1.69. The number of Topliss-reactive ketones (excluding diaryl/α,β-unsaturated/α-hetero) is 1. The van der Waals surface area contributed by atoms with Crippen LogP contribution in [0.15, 0.2) is 0 Å². The minimum absolute atomic E-state index is 0.0538. The Labute approximate surface area is 75.9 Å². The summed E-state index contributed by atoms with van der Waals surface area (Å²) in [6, 6.07) is 0. The van der Waals surface area contributed by atoms with Crippen molar-refractivity contribution in [2.75, 3.05) is 6.54 Å². The van der Waals surface area contributed by atoms with Crippen molar-refractivity contribution in [3.63, 3.8) is 0 Å². The van der Waals surface area contributed by atoms with E-state index in [2.05, 4.69) is 0 Å². The molecule has 0 spiro atoms. The summed E-state index contributed by atoms with van der Waals surface area (Å²) in [6.45, 7) is 1.36. The molecule has 0 aromatic heterocycles. The van der Waals surface area contributed by atoms with Gasteiger partial charge in [0.2, 0.25) is 6.54 Å². The fourth-order valence-electron chi connectivity index (χ4n) is 1.69. The standard InChI is InChI=1S/C8H13NO4/c1-8(4-5-9(12)13)6(10)2-3-7(8)11/h6,10H,2-5H2,1H3/t6-,8-/m1/s1. The zero-order chi connectivity index (χ0) is 10.1. The molecule has 0 amide bonds. The number of nitro groups is 1. The van der Waals surface area contributed by atoms with Crippen LogP contribution in [0, 0.1) is 15.5 Å². The quantitative estimate of drug-likeness (QED) is 0.511. The normalized spacial score (nSPS) is 33.7. The van der Waals surface area contributed by atoms with Crippen LogP contribution >= 0.6 is 0 Å². The lowest BCUT2D eigenvalue weighted by molar-refractivity contribution is -0.482. The van der Waals surface area contributed by atoms with Crippen molar-refractivity contribution in [1.82, 2.24) is 0 Å². The Balaban J connectivity index is 2.62. The van der Waals surface area contributed by atoms with E-state index >= 15 is 0 Å². The molecule has 0 radical (unpaired) electrons. The highest BCUT2D eigenvalue weighted by Crippen LogP contribution is 2.37. The monoisotopic (exact) mass is 187 g/mol. The second kappa shape index (κ2) is 3.41. The molecule has 74 valence electrons. The van der Waals surface area contributed by atoms with Gasteiger partial charge < -0.3 is 5.11 Å². The molecule has 1 saturated carbocycles. The maximum Gasteiger partial charge on any atom is 0.204 e. The Morgan fingerprint density at radius 3 is 2.77 bits per heavy atom. The average Bonchev–Trinajstić information content (AvgIpc) is 2.31. The fraction of sp³-hybridized carbons (Fsp3) is 0.875. The van der Waals surface area contributed by atoms with Crippen LogP contribution in [-0.2, 0) is 4.79 Å². The maximum atomic E-state index is 11.3. The van der Waals surface area contributed by atoms with E-state index in [0.717, 1.165) is 0 Å². The molecule has 0 aliphatic heterocycles. The van der Waals surface area contributed by atoms with Gasteiger partial charge in [0.15, 0.2) is 0 Å². The van der Waals surface area contributed by atoms with Crippen molar-refractivity contribution in [1.29, 1.82) is 0 Å². The Kier molecular flexibility index (Phi) is 2.66. The number of carbonyl (C=O) groups is 1. The molecule has 1 N–H and O–H groups in total. The largest absolute Gasteiger partial charge is 0.392 e. The first-order valence-corrected chi connectivity index (χ1v) is 4.30. The van der Waals surface area contributed by atoms with Crippen LogP contribution in [0.3, 0.4) is 0 Å². The Morgan fingerprint density at radius 1 is 1.77 bits per heavy atom. The molecule has 0 aromatic rings. The molecular formula is C8H13NO4. The average molecular weight is 187 g/mol. The van der Waals surface area contributed by atoms with E-state index in [0.29, 0.717) is 12.8 Å². The highest BCUT2D eigenvalue weighted by atomic mass is 16.6. The molecule has 1 fully saturated rings. The van der Waals surface area contributed by atoms with Gasteiger partial charge in [-0.1, -0.05) is 0 Å². The van der Waals surface area contributed by atoms with E-state index in [1.54, 1.807) is 6.92 Å². The van der Waals surface area contributed by atoms with Gasteiger partial charge >= 0.3 is 0 Å². The van der Waals surface area contributed by atoms with Crippen LogP contribution in [0.25, 0.3) is 0 Å². The highest BCUT2D eigenvalue weighted by molar-refractivity contribution is 5.87. The van der Waals surface area contributed by atoms with E-state index in [1.807, 2.05) is 0 Å². The molecule has 0 heterocycles. The minimum atomic E-state index is -0.882. The lowest BCUT2D eigenvalue weighted by atomic mass is 9.82. The Morgan fingerprint density at radius 2 is 2.38 bits per heavy atom. The first kappa shape index (κ1) is 10.1. The molecule has 0 aromatic carbocycles. The summed E-state index contributed by atoms with van der Waals surface area (Å²) in [6.07, 6.45) is 0.211. The number of rotatable bonds is 3. The van der Waals surface area contributed by atoms with Gasteiger partial charge in [0, 0.05) is 17.8 Å². The molecule has 1 rings (SSSR count). The third-order valence-corrected chi connectivity index (χ3v) is 2.83. The van der Waals surface area contributed by atoms with Gasteiger partial charge in [-0.2, -0.15) is 0 Å². The van der Waals surface area contributed by atoms with E-state index < -0.39 is 16.4 Å². The van der Waals surface area contributed by atoms with Crippen molar-refractivity contribution in [3.05, 3.63) is 10.1 Å². The Hall–Kier alpha value is -0.970. The number of ketones is 1. The van der Waals surface area contributed by atoms with E-state index in [1.165, 1.54) is 0 Å². The number of nitrogens with zero attached hydrogens (tertiary/aromatic N) is 1. The van der Waals surface area contributed by atoms with Crippen LogP contribution < -0.4 is 0 Å². The lowest BCUT2D eigenvalue weighted by Crippen LogP contribution is -2.34. The van der Waals surface area contributed by atoms with Crippen molar-refractivity contribution in [3.8, 4) is 0 Å². The molecule has 1 aliphatic rings. The van der Waals surface area contributed by atoms with Gasteiger partial charge in [-0.05, 0) is 13.3 Å². The first-order valence-electron chi connectivity index (χ1n) is 4.30. The summed E-state index contributed by atoms with van der Waals surface area (Å²) in [5.74, 6) is -0.0538. The van der Waals surface area contributed by atoms with Crippen LogP contribution in [-0.4, -0.2) is 28.5 Å². The molecule has 13 heavy (non-hydrogen) atoms. The van der Waals surface area contributed by atoms with Gasteiger partial charge in [0.25, 0.3) is 0 Å². The van der Waals surface area contributed by atoms with Crippen LogP contribution in [0.4, 0.5) is 0 Å². The van der Waals surface area contributed by atoms with Crippen LogP contribution in [0.1, 0.15) is 26.2 Å². The van der Waals surface area contributed by atoms with Crippen LogP contribution in [0.2, 0.25) is 0 Å². The van der Waals surface area contributed by atoms with Gasteiger partial charge in [-0.3, -0.25) is 14.9 Å². The lowest BCUT2D eigenvalue weighted by Gasteiger charge is -2.24. The van der Waals surface area contributed by atoms with Gasteiger partial charge in [0.1, 0.15) is 5.78 Å². The maximum absolute atomic E-state index is 11.3. The van der Waals surface area contributed by atoms with Crippen molar-refractivity contribution >= 4 is 5.78 Å². The number of aliphatic hydroxyl groups is 1. The van der Waals surface area contributed by atoms with Crippen LogP contribution in [0.5, 0.6) is 0 Å². The second-order valence-electron chi connectivity index (χ2n) is 3.70. The first-order chi connectivity index (χ1) is 5.97. The molecule has 1 aliphatic carbocycles. The predicted molar refractivity (Wildman–Crippen MR) is 44.8 cm³/mol. The summed E-state index contributed by atoms with van der Waals surface area (Å²) >= 11 is 0.